The Balaban J connectivity index is 2.88. The van der Waals surface area contributed by atoms with E-state index in [-0.39, 0.29) is 12.2 Å². The van der Waals surface area contributed by atoms with Crippen LogP contribution in [0.25, 0.3) is 0 Å². The van der Waals surface area contributed by atoms with Gasteiger partial charge in [-0.1, -0.05) is 26.0 Å². The Morgan fingerprint density at radius 2 is 1.54 bits per heavy atom. The molecule has 6 N–H and O–H groups in total. The van der Waals surface area contributed by atoms with Gasteiger partial charge in [0, 0.05) is 13.3 Å². The first-order valence-electron chi connectivity index (χ1n) is 11.0. The van der Waals surface area contributed by atoms with Crippen molar-refractivity contribution in [1.29, 1.82) is 0 Å². The Kier molecular flexibility index (Phi) is 11.5. The van der Waals surface area contributed by atoms with Crippen LogP contribution in [0.2, 0.25) is 0 Å². The summed E-state index contributed by atoms with van der Waals surface area (Å²) in [4.78, 5) is 71.5. The predicted octanol–water partition coefficient (Wildman–Crippen LogP) is -0.757. The molecular weight excluding hydrogens is 460 g/mol. The molecule has 0 spiro atoms. The minimum atomic E-state index is -1.23. The molecule has 1 aromatic rings. The summed E-state index contributed by atoms with van der Waals surface area (Å²) in [6.07, 6.45) is -0.0902. The summed E-state index contributed by atoms with van der Waals surface area (Å²) in [6.45, 7) is 5.90. The van der Waals surface area contributed by atoms with Crippen LogP contribution in [0.5, 0.6) is 5.75 Å². The number of aromatic hydroxyl groups is 1. The molecule has 0 saturated heterocycles. The average Bonchev–Trinajstić information content (AvgIpc) is 2.76. The van der Waals surface area contributed by atoms with Gasteiger partial charge in [0.25, 0.3) is 0 Å². The highest BCUT2D eigenvalue weighted by Gasteiger charge is 2.30. The van der Waals surface area contributed by atoms with E-state index in [4.69, 9.17) is 5.11 Å². The van der Waals surface area contributed by atoms with Crippen molar-refractivity contribution >= 4 is 35.9 Å². The van der Waals surface area contributed by atoms with Gasteiger partial charge >= 0.3 is 5.97 Å². The molecule has 0 aliphatic rings. The van der Waals surface area contributed by atoms with Crippen molar-refractivity contribution in [3.05, 3.63) is 29.8 Å². The van der Waals surface area contributed by atoms with Crippen molar-refractivity contribution in [2.24, 2.45) is 5.92 Å². The first-order valence-corrected chi connectivity index (χ1v) is 11.0. The summed E-state index contributed by atoms with van der Waals surface area (Å²) in [6, 6.07) is 1.72. The molecule has 4 amide bonds. The van der Waals surface area contributed by atoms with E-state index in [1.54, 1.807) is 26.0 Å². The molecule has 0 bridgehead atoms. The van der Waals surface area contributed by atoms with Gasteiger partial charge < -0.3 is 25.6 Å². The fourth-order valence-corrected chi connectivity index (χ4v) is 3.15. The molecule has 0 aliphatic heterocycles. The number of rotatable bonds is 13. The number of nitrogens with one attached hydrogen (secondary N) is 4. The van der Waals surface area contributed by atoms with Gasteiger partial charge in [-0.05, 0) is 30.5 Å². The third-order valence-corrected chi connectivity index (χ3v) is 4.98. The molecule has 0 heterocycles. The van der Waals surface area contributed by atoms with Crippen LogP contribution < -0.4 is 21.3 Å². The van der Waals surface area contributed by atoms with Gasteiger partial charge in [0.1, 0.15) is 24.1 Å². The Hall–Kier alpha value is -3.80. The number of phenolic OH excluding ortho intramolecular Hbond substituents is 1. The lowest BCUT2D eigenvalue weighted by molar-refractivity contribution is -0.139. The number of hydrogen-bond donors (Lipinski definition) is 6. The first kappa shape index (κ1) is 29.2. The second kappa shape index (κ2) is 13.8. The van der Waals surface area contributed by atoms with E-state index in [1.165, 1.54) is 26.0 Å². The number of aldehydes is 1. The van der Waals surface area contributed by atoms with Crippen LogP contribution >= 0.6 is 0 Å². The van der Waals surface area contributed by atoms with E-state index in [9.17, 15) is 33.9 Å². The SMILES string of the molecule is CC(=O)N[C@@H](Cc1ccc(O)cc1)C(=O)N[C@H](C(=O)NC(=O)[C@H](C)N[C@H](C=O)CC(=O)O)C(C)C. The molecule has 0 saturated carbocycles. The molecule has 0 aromatic heterocycles. The Morgan fingerprint density at radius 3 is 2.03 bits per heavy atom. The standard InChI is InChI=1S/C23H32N4O8/c1-12(2)20(23(35)27-21(33)13(3)24-16(11-28)10-19(31)32)26-22(34)18(25-14(4)29)9-15-5-7-17(30)8-6-15/h5-8,11-13,16,18,20,24,30H,9-10H2,1-4H3,(H,25,29)(H,26,34)(H,31,32)(H,27,33,35)/t13-,16-,18-,20-/m0/s1. The normalized spacial score (nSPS) is 14.2. The molecule has 4 atom stereocenters. The highest BCUT2D eigenvalue weighted by atomic mass is 16.4. The van der Waals surface area contributed by atoms with Crippen LogP contribution in [0.4, 0.5) is 0 Å². The predicted molar refractivity (Wildman–Crippen MR) is 124 cm³/mol. The van der Waals surface area contributed by atoms with Crippen LogP contribution in [-0.2, 0) is 35.2 Å². The molecule has 0 aliphatic carbocycles. The lowest BCUT2D eigenvalue weighted by Crippen LogP contribution is -2.58. The number of aliphatic carboxylic acids is 1. The van der Waals surface area contributed by atoms with Crippen molar-refractivity contribution in [3.8, 4) is 5.75 Å². The van der Waals surface area contributed by atoms with Crippen LogP contribution in [0.3, 0.4) is 0 Å². The summed E-state index contributed by atoms with van der Waals surface area (Å²) < 4.78 is 0. The zero-order valence-electron chi connectivity index (χ0n) is 20.0. The fraction of sp³-hybridized carbons (Fsp3) is 0.478. The van der Waals surface area contributed by atoms with Crippen LogP contribution in [0.15, 0.2) is 24.3 Å². The Labute approximate surface area is 202 Å². The van der Waals surface area contributed by atoms with Crippen molar-refractivity contribution < 1.29 is 39.0 Å². The Morgan fingerprint density at radius 1 is 0.943 bits per heavy atom. The van der Waals surface area contributed by atoms with Crippen molar-refractivity contribution in [2.75, 3.05) is 0 Å². The number of phenols is 1. The number of amides is 4. The maximum atomic E-state index is 12.9. The first-order chi connectivity index (χ1) is 16.3. The fourth-order valence-electron chi connectivity index (χ4n) is 3.15. The zero-order chi connectivity index (χ0) is 26.7. The van der Waals surface area contributed by atoms with E-state index >= 15 is 0 Å². The van der Waals surface area contributed by atoms with Crippen molar-refractivity contribution in [1.82, 2.24) is 21.3 Å². The van der Waals surface area contributed by atoms with Crippen LogP contribution in [0.1, 0.15) is 39.7 Å². The maximum Gasteiger partial charge on any atom is 0.305 e. The number of imide groups is 1. The Bertz CT molecular complexity index is 932. The summed E-state index contributed by atoms with van der Waals surface area (Å²) in [5, 5.41) is 28.0. The summed E-state index contributed by atoms with van der Waals surface area (Å²) in [7, 11) is 0. The van der Waals surface area contributed by atoms with Crippen molar-refractivity contribution in [2.45, 2.75) is 64.7 Å². The summed E-state index contributed by atoms with van der Waals surface area (Å²) in [5.41, 5.74) is 0.656. The number of carboxylic acid groups (broad SMARTS) is 1. The van der Waals surface area contributed by atoms with E-state index in [1.807, 2.05) is 0 Å². The minimum absolute atomic E-state index is 0.0432. The second-order valence-corrected chi connectivity index (χ2v) is 8.44. The van der Waals surface area contributed by atoms with Gasteiger partial charge in [-0.25, -0.2) is 0 Å². The molecular formula is C23H32N4O8. The third-order valence-electron chi connectivity index (χ3n) is 4.98. The molecule has 0 radical (unpaired) electrons. The summed E-state index contributed by atoms with van der Waals surface area (Å²) >= 11 is 0. The van der Waals surface area contributed by atoms with E-state index in [0.717, 1.165) is 0 Å². The van der Waals surface area contributed by atoms with Crippen LogP contribution in [0, 0.1) is 5.92 Å². The molecule has 35 heavy (non-hydrogen) atoms. The zero-order valence-corrected chi connectivity index (χ0v) is 20.0. The number of carboxylic acids is 1. The smallest absolute Gasteiger partial charge is 0.305 e. The number of hydrogen-bond acceptors (Lipinski definition) is 8. The van der Waals surface area contributed by atoms with Gasteiger partial charge in [0.05, 0.1) is 18.5 Å². The highest BCUT2D eigenvalue weighted by Crippen LogP contribution is 2.12. The van der Waals surface area contributed by atoms with Gasteiger partial charge in [-0.3, -0.25) is 34.6 Å². The largest absolute Gasteiger partial charge is 0.508 e. The summed E-state index contributed by atoms with van der Waals surface area (Å²) in [5.74, 6) is -4.35. The van der Waals surface area contributed by atoms with Gasteiger partial charge in [0.2, 0.25) is 23.6 Å². The molecule has 192 valence electrons. The second-order valence-electron chi connectivity index (χ2n) is 8.44. The molecule has 1 rings (SSSR count). The van der Waals surface area contributed by atoms with Crippen LogP contribution in [-0.4, -0.2) is 70.3 Å². The maximum absolute atomic E-state index is 12.9. The molecule has 12 heteroatoms. The van der Waals surface area contributed by atoms with Gasteiger partial charge in [-0.2, -0.15) is 0 Å². The van der Waals surface area contributed by atoms with E-state index in [0.29, 0.717) is 11.8 Å². The van der Waals surface area contributed by atoms with Crippen molar-refractivity contribution in [3.63, 3.8) is 0 Å². The highest BCUT2D eigenvalue weighted by molar-refractivity contribution is 6.01. The topological polar surface area (TPSA) is 191 Å². The number of benzene rings is 1. The van der Waals surface area contributed by atoms with Gasteiger partial charge in [0.15, 0.2) is 0 Å². The third kappa shape index (κ3) is 10.3. The number of carbonyl (C=O) groups excluding carboxylic acids is 5. The van der Waals surface area contributed by atoms with E-state index in [2.05, 4.69) is 21.3 Å². The lowest BCUT2D eigenvalue weighted by Gasteiger charge is -2.25. The quantitative estimate of drug-likeness (QED) is 0.192. The number of carbonyl (C=O) groups is 6. The molecule has 12 nitrogen and oxygen atoms in total. The molecule has 1 aromatic carbocycles. The molecule has 0 unspecified atom stereocenters. The lowest BCUT2D eigenvalue weighted by atomic mass is 10.0. The van der Waals surface area contributed by atoms with E-state index < -0.39 is 66.1 Å². The monoisotopic (exact) mass is 492 g/mol. The molecule has 0 fully saturated rings. The average molecular weight is 493 g/mol. The minimum Gasteiger partial charge on any atom is -0.508 e. The van der Waals surface area contributed by atoms with Gasteiger partial charge in [-0.15, -0.1) is 0 Å².